The Balaban J connectivity index is 2.13. The number of aliphatic hydroxyl groups is 1. The SMILES string of the molecule is CCc1ccc(C(=O)N2CCCCC2CO)cc1. The number of carbonyl (C=O) groups excluding carboxylic acids is 1. The Labute approximate surface area is 108 Å². The summed E-state index contributed by atoms with van der Waals surface area (Å²) in [5, 5.41) is 9.35. The van der Waals surface area contributed by atoms with E-state index in [9.17, 15) is 9.90 Å². The molecule has 0 bridgehead atoms. The molecule has 1 N–H and O–H groups in total. The number of hydrogen-bond donors (Lipinski definition) is 1. The van der Waals surface area contributed by atoms with Crippen LogP contribution in [0.15, 0.2) is 24.3 Å². The summed E-state index contributed by atoms with van der Waals surface area (Å²) in [6, 6.07) is 7.79. The predicted octanol–water partition coefficient (Wildman–Crippen LogP) is 2.24. The molecule has 2 rings (SSSR count). The van der Waals surface area contributed by atoms with Crippen LogP contribution in [-0.4, -0.2) is 35.1 Å². The summed E-state index contributed by atoms with van der Waals surface area (Å²) in [5.41, 5.74) is 1.97. The molecule has 18 heavy (non-hydrogen) atoms. The highest BCUT2D eigenvalue weighted by atomic mass is 16.3. The van der Waals surface area contributed by atoms with Gasteiger partial charge in [-0.1, -0.05) is 19.1 Å². The van der Waals surface area contributed by atoms with E-state index in [1.165, 1.54) is 5.56 Å². The van der Waals surface area contributed by atoms with E-state index < -0.39 is 0 Å². The number of piperidine rings is 1. The van der Waals surface area contributed by atoms with Crippen molar-refractivity contribution >= 4 is 5.91 Å². The fourth-order valence-electron chi connectivity index (χ4n) is 2.51. The number of nitrogens with zero attached hydrogens (tertiary/aromatic N) is 1. The van der Waals surface area contributed by atoms with Crippen molar-refractivity contribution in [3.63, 3.8) is 0 Å². The molecule has 1 aromatic rings. The van der Waals surface area contributed by atoms with Gasteiger partial charge in [-0.25, -0.2) is 0 Å². The summed E-state index contributed by atoms with van der Waals surface area (Å²) in [6.07, 6.45) is 4.03. The van der Waals surface area contributed by atoms with E-state index in [1.807, 2.05) is 29.2 Å². The molecule has 3 nitrogen and oxygen atoms in total. The Bertz CT molecular complexity index is 399. The third kappa shape index (κ3) is 2.72. The average Bonchev–Trinajstić information content (AvgIpc) is 2.46. The molecule has 0 saturated carbocycles. The topological polar surface area (TPSA) is 40.5 Å². The van der Waals surface area contributed by atoms with Gasteiger partial charge in [0.2, 0.25) is 0 Å². The minimum atomic E-state index is -0.00268. The summed E-state index contributed by atoms with van der Waals surface area (Å²) in [5.74, 6) is 0.0522. The number of aliphatic hydroxyl groups excluding tert-OH is 1. The third-order valence-electron chi connectivity index (χ3n) is 3.71. The molecule has 0 aliphatic carbocycles. The van der Waals surface area contributed by atoms with Crippen molar-refractivity contribution in [2.75, 3.05) is 13.2 Å². The first-order valence-corrected chi connectivity index (χ1v) is 6.77. The highest BCUT2D eigenvalue weighted by Crippen LogP contribution is 2.19. The number of benzene rings is 1. The lowest BCUT2D eigenvalue weighted by atomic mass is 10.0. The lowest BCUT2D eigenvalue weighted by Gasteiger charge is -2.34. The molecule has 0 aromatic heterocycles. The van der Waals surface area contributed by atoms with E-state index in [1.54, 1.807) is 0 Å². The number of aryl methyl sites for hydroxylation is 1. The summed E-state index contributed by atoms with van der Waals surface area (Å²) in [7, 11) is 0. The molecule has 1 atom stereocenters. The van der Waals surface area contributed by atoms with Crippen LogP contribution in [0.2, 0.25) is 0 Å². The first-order valence-electron chi connectivity index (χ1n) is 6.77. The smallest absolute Gasteiger partial charge is 0.254 e. The van der Waals surface area contributed by atoms with Crippen molar-refractivity contribution in [2.24, 2.45) is 0 Å². The van der Waals surface area contributed by atoms with Crippen LogP contribution in [-0.2, 0) is 6.42 Å². The molecule has 1 heterocycles. The lowest BCUT2D eigenvalue weighted by molar-refractivity contribution is 0.0503. The van der Waals surface area contributed by atoms with Crippen LogP contribution in [0.5, 0.6) is 0 Å². The Morgan fingerprint density at radius 2 is 2.06 bits per heavy atom. The zero-order valence-electron chi connectivity index (χ0n) is 10.9. The molecule has 1 fully saturated rings. The summed E-state index contributed by atoms with van der Waals surface area (Å²) >= 11 is 0. The van der Waals surface area contributed by atoms with Crippen LogP contribution in [0.25, 0.3) is 0 Å². The molecule has 3 heteroatoms. The molecule has 1 saturated heterocycles. The van der Waals surface area contributed by atoms with Crippen LogP contribution in [0.4, 0.5) is 0 Å². The zero-order chi connectivity index (χ0) is 13.0. The Morgan fingerprint density at radius 3 is 2.67 bits per heavy atom. The normalized spacial score (nSPS) is 19.9. The molecular weight excluding hydrogens is 226 g/mol. The van der Waals surface area contributed by atoms with Crippen molar-refractivity contribution in [1.29, 1.82) is 0 Å². The van der Waals surface area contributed by atoms with Gasteiger partial charge in [-0.15, -0.1) is 0 Å². The van der Waals surface area contributed by atoms with Crippen LogP contribution in [0, 0.1) is 0 Å². The first-order chi connectivity index (χ1) is 8.76. The minimum absolute atomic E-state index is 0.00268. The number of likely N-dealkylation sites (tertiary alicyclic amines) is 1. The monoisotopic (exact) mass is 247 g/mol. The van der Waals surface area contributed by atoms with Crippen molar-refractivity contribution in [1.82, 2.24) is 4.90 Å². The standard InChI is InChI=1S/C15H21NO2/c1-2-12-6-8-13(9-7-12)15(18)16-10-4-3-5-14(16)11-17/h6-9,14,17H,2-5,10-11H2,1H3. The van der Waals surface area contributed by atoms with Gasteiger partial charge in [0, 0.05) is 12.1 Å². The molecule has 1 amide bonds. The van der Waals surface area contributed by atoms with Crippen LogP contribution in [0.1, 0.15) is 42.1 Å². The number of amides is 1. The summed E-state index contributed by atoms with van der Waals surface area (Å²) in [4.78, 5) is 14.2. The molecular formula is C15H21NO2. The first kappa shape index (κ1) is 13.1. The van der Waals surface area contributed by atoms with Gasteiger partial charge < -0.3 is 10.0 Å². The zero-order valence-corrected chi connectivity index (χ0v) is 10.9. The van der Waals surface area contributed by atoms with Crippen molar-refractivity contribution in [3.8, 4) is 0 Å². The number of rotatable bonds is 3. The maximum absolute atomic E-state index is 12.4. The fraction of sp³-hybridized carbons (Fsp3) is 0.533. The Kier molecular flexibility index (Phi) is 4.37. The second-order valence-electron chi connectivity index (χ2n) is 4.88. The van der Waals surface area contributed by atoms with Crippen molar-refractivity contribution in [2.45, 2.75) is 38.6 Å². The van der Waals surface area contributed by atoms with Crippen LogP contribution >= 0.6 is 0 Å². The van der Waals surface area contributed by atoms with Gasteiger partial charge in [0.05, 0.1) is 12.6 Å². The maximum Gasteiger partial charge on any atom is 0.254 e. The maximum atomic E-state index is 12.4. The Hall–Kier alpha value is -1.35. The van der Waals surface area contributed by atoms with E-state index >= 15 is 0 Å². The van der Waals surface area contributed by atoms with Gasteiger partial charge in [-0.3, -0.25) is 4.79 Å². The molecule has 1 aliphatic heterocycles. The molecule has 0 radical (unpaired) electrons. The molecule has 98 valence electrons. The van der Waals surface area contributed by atoms with Gasteiger partial charge in [0.25, 0.3) is 5.91 Å². The van der Waals surface area contributed by atoms with E-state index in [0.717, 1.165) is 37.8 Å². The summed E-state index contributed by atoms with van der Waals surface area (Å²) in [6.45, 7) is 2.93. The van der Waals surface area contributed by atoms with E-state index in [0.29, 0.717) is 0 Å². The largest absolute Gasteiger partial charge is 0.394 e. The van der Waals surface area contributed by atoms with Crippen molar-refractivity contribution in [3.05, 3.63) is 35.4 Å². The second kappa shape index (κ2) is 6.01. The van der Waals surface area contributed by atoms with Gasteiger partial charge in [-0.05, 0) is 43.4 Å². The lowest BCUT2D eigenvalue weighted by Crippen LogP contribution is -2.45. The number of hydrogen-bond acceptors (Lipinski definition) is 2. The number of carbonyl (C=O) groups is 1. The molecule has 0 spiro atoms. The van der Waals surface area contributed by atoms with E-state index in [2.05, 4.69) is 6.92 Å². The molecule has 1 unspecified atom stereocenters. The highest BCUT2D eigenvalue weighted by molar-refractivity contribution is 5.94. The molecule has 1 aromatic carbocycles. The highest BCUT2D eigenvalue weighted by Gasteiger charge is 2.26. The molecule has 1 aliphatic rings. The Morgan fingerprint density at radius 1 is 1.33 bits per heavy atom. The third-order valence-corrected chi connectivity index (χ3v) is 3.71. The van der Waals surface area contributed by atoms with Gasteiger partial charge in [0.1, 0.15) is 0 Å². The predicted molar refractivity (Wildman–Crippen MR) is 71.6 cm³/mol. The average molecular weight is 247 g/mol. The fourth-order valence-corrected chi connectivity index (χ4v) is 2.51. The second-order valence-corrected chi connectivity index (χ2v) is 4.88. The quantitative estimate of drug-likeness (QED) is 0.890. The van der Waals surface area contributed by atoms with Crippen LogP contribution in [0.3, 0.4) is 0 Å². The minimum Gasteiger partial charge on any atom is -0.394 e. The summed E-state index contributed by atoms with van der Waals surface area (Å²) < 4.78 is 0. The van der Waals surface area contributed by atoms with Crippen LogP contribution < -0.4 is 0 Å². The van der Waals surface area contributed by atoms with Crippen molar-refractivity contribution < 1.29 is 9.90 Å². The van der Waals surface area contributed by atoms with E-state index in [4.69, 9.17) is 0 Å². The van der Waals surface area contributed by atoms with E-state index in [-0.39, 0.29) is 18.6 Å². The van der Waals surface area contributed by atoms with Gasteiger partial charge >= 0.3 is 0 Å². The van der Waals surface area contributed by atoms with Gasteiger partial charge in [0.15, 0.2) is 0 Å². The van der Waals surface area contributed by atoms with Gasteiger partial charge in [-0.2, -0.15) is 0 Å².